The van der Waals surface area contributed by atoms with Gasteiger partial charge in [-0.15, -0.1) is 0 Å². The minimum atomic E-state index is 0.204. The molecule has 52 valence electrons. The maximum Gasteiger partial charge on any atom is 0.223 e. The summed E-state index contributed by atoms with van der Waals surface area (Å²) in [6.45, 7) is 6.13. The predicted molar refractivity (Wildman–Crippen MR) is 35.9 cm³/mol. The molecule has 3 atom stereocenters. The largest absolute Gasteiger partial charge is 0.353 e. The fourth-order valence-corrected chi connectivity index (χ4v) is 1.16. The molecule has 1 aliphatic rings. The highest BCUT2D eigenvalue weighted by Crippen LogP contribution is 2.21. The summed E-state index contributed by atoms with van der Waals surface area (Å²) in [7, 11) is 0. The van der Waals surface area contributed by atoms with E-state index in [1.54, 1.807) is 0 Å². The van der Waals surface area contributed by atoms with Gasteiger partial charge in [-0.2, -0.15) is 0 Å². The first-order chi connectivity index (χ1) is 4.13. The van der Waals surface area contributed by atoms with E-state index in [2.05, 4.69) is 12.2 Å². The molecule has 0 aromatic rings. The van der Waals surface area contributed by atoms with Gasteiger partial charge in [-0.05, 0) is 12.8 Å². The molecule has 3 unspecified atom stereocenters. The lowest BCUT2D eigenvalue weighted by molar-refractivity contribution is -0.122. The molecular formula is C7H13NO. The summed E-state index contributed by atoms with van der Waals surface area (Å²) in [5, 5.41) is 2.88. The molecule has 0 saturated carbocycles. The summed E-state index contributed by atoms with van der Waals surface area (Å²) in [6, 6.07) is 0.368. The Morgan fingerprint density at radius 3 is 2.00 bits per heavy atom. The molecule has 0 aromatic heterocycles. The van der Waals surface area contributed by atoms with E-state index >= 15 is 0 Å². The Labute approximate surface area is 55.6 Å². The van der Waals surface area contributed by atoms with Crippen LogP contribution in [0.1, 0.15) is 20.8 Å². The second-order valence-corrected chi connectivity index (χ2v) is 2.95. The van der Waals surface area contributed by atoms with E-state index in [-0.39, 0.29) is 11.8 Å². The summed E-state index contributed by atoms with van der Waals surface area (Å²) < 4.78 is 0. The number of hydrogen-bond donors (Lipinski definition) is 1. The molecule has 1 aliphatic heterocycles. The van der Waals surface area contributed by atoms with Crippen molar-refractivity contribution >= 4 is 5.91 Å². The van der Waals surface area contributed by atoms with E-state index in [1.165, 1.54) is 0 Å². The van der Waals surface area contributed by atoms with Crippen molar-refractivity contribution in [3.63, 3.8) is 0 Å². The minimum Gasteiger partial charge on any atom is -0.353 e. The van der Waals surface area contributed by atoms with E-state index in [4.69, 9.17) is 0 Å². The molecule has 0 bridgehead atoms. The topological polar surface area (TPSA) is 29.1 Å². The Morgan fingerprint density at radius 1 is 1.33 bits per heavy atom. The molecule has 1 N–H and O–H groups in total. The van der Waals surface area contributed by atoms with Crippen LogP contribution in [0.15, 0.2) is 0 Å². The van der Waals surface area contributed by atoms with E-state index in [0.29, 0.717) is 12.0 Å². The van der Waals surface area contributed by atoms with E-state index in [9.17, 15) is 4.79 Å². The molecule has 0 aromatic carbocycles. The van der Waals surface area contributed by atoms with Crippen molar-refractivity contribution in [1.82, 2.24) is 5.32 Å². The number of amides is 1. The molecule has 2 nitrogen and oxygen atoms in total. The molecule has 1 amide bonds. The van der Waals surface area contributed by atoms with Crippen LogP contribution < -0.4 is 5.32 Å². The predicted octanol–water partition coefficient (Wildman–Crippen LogP) is 0.777. The second kappa shape index (κ2) is 2.01. The lowest BCUT2D eigenvalue weighted by atomic mass is 9.95. The van der Waals surface area contributed by atoms with Gasteiger partial charge in [-0.25, -0.2) is 0 Å². The van der Waals surface area contributed by atoms with Gasteiger partial charge in [0.25, 0.3) is 0 Å². The van der Waals surface area contributed by atoms with Crippen molar-refractivity contribution in [2.45, 2.75) is 26.8 Å². The highest BCUT2D eigenvalue weighted by Gasteiger charge is 2.32. The molecule has 9 heavy (non-hydrogen) atoms. The zero-order valence-corrected chi connectivity index (χ0v) is 6.14. The number of rotatable bonds is 0. The first kappa shape index (κ1) is 6.59. The van der Waals surface area contributed by atoms with Crippen molar-refractivity contribution in [1.29, 1.82) is 0 Å². The van der Waals surface area contributed by atoms with Crippen LogP contribution in [0.2, 0.25) is 0 Å². The monoisotopic (exact) mass is 127 g/mol. The van der Waals surface area contributed by atoms with Crippen molar-refractivity contribution in [2.75, 3.05) is 0 Å². The van der Waals surface area contributed by atoms with Gasteiger partial charge >= 0.3 is 0 Å². The van der Waals surface area contributed by atoms with Gasteiger partial charge in [0.1, 0.15) is 0 Å². The van der Waals surface area contributed by atoms with Crippen LogP contribution in [0.5, 0.6) is 0 Å². The van der Waals surface area contributed by atoms with Gasteiger partial charge in [-0.3, -0.25) is 4.79 Å². The summed E-state index contributed by atoms with van der Waals surface area (Å²) >= 11 is 0. The molecule has 1 heterocycles. The third kappa shape index (κ3) is 0.934. The van der Waals surface area contributed by atoms with Crippen molar-refractivity contribution in [2.24, 2.45) is 11.8 Å². The van der Waals surface area contributed by atoms with Crippen LogP contribution in [-0.2, 0) is 4.79 Å². The smallest absolute Gasteiger partial charge is 0.223 e. The number of hydrogen-bond acceptors (Lipinski definition) is 1. The van der Waals surface area contributed by atoms with Crippen LogP contribution in [-0.4, -0.2) is 11.9 Å². The maximum absolute atomic E-state index is 10.9. The average molecular weight is 127 g/mol. The minimum absolute atomic E-state index is 0.204. The first-order valence-corrected chi connectivity index (χ1v) is 3.43. The molecule has 1 saturated heterocycles. The Kier molecular flexibility index (Phi) is 1.47. The Hall–Kier alpha value is -0.530. The number of nitrogens with one attached hydrogen (secondary N) is 1. The van der Waals surface area contributed by atoms with Gasteiger partial charge in [0, 0.05) is 12.0 Å². The zero-order chi connectivity index (χ0) is 7.02. The van der Waals surface area contributed by atoms with Crippen LogP contribution in [0.4, 0.5) is 0 Å². The van der Waals surface area contributed by atoms with Gasteiger partial charge < -0.3 is 5.32 Å². The molecule has 0 radical (unpaired) electrons. The molecule has 1 fully saturated rings. The summed E-state index contributed by atoms with van der Waals surface area (Å²) in [6.07, 6.45) is 0. The molecule has 1 rings (SSSR count). The fraction of sp³-hybridized carbons (Fsp3) is 0.857. The maximum atomic E-state index is 10.9. The zero-order valence-electron chi connectivity index (χ0n) is 6.14. The number of carbonyl (C=O) groups excluding carboxylic acids is 1. The quantitative estimate of drug-likeness (QED) is 0.512. The normalized spacial score (nSPS) is 43.0. The summed E-state index contributed by atoms with van der Waals surface area (Å²) in [5.74, 6) is 0.910. The summed E-state index contributed by atoms with van der Waals surface area (Å²) in [5.41, 5.74) is 0. The van der Waals surface area contributed by atoms with Crippen LogP contribution in [0.25, 0.3) is 0 Å². The van der Waals surface area contributed by atoms with Gasteiger partial charge in [0.15, 0.2) is 0 Å². The fourth-order valence-electron chi connectivity index (χ4n) is 1.16. The van der Waals surface area contributed by atoms with Gasteiger partial charge in [-0.1, -0.05) is 13.8 Å². The van der Waals surface area contributed by atoms with Crippen LogP contribution in [0, 0.1) is 11.8 Å². The van der Waals surface area contributed by atoms with E-state index in [0.717, 1.165) is 0 Å². The summed E-state index contributed by atoms with van der Waals surface area (Å²) in [4.78, 5) is 10.9. The Morgan fingerprint density at radius 2 is 1.89 bits per heavy atom. The standard InChI is InChI=1S/C7H13NO/c1-4-5(2)7(9)8-6(4)3/h4-6H,1-3H3,(H,8,9). The average Bonchev–Trinajstić information content (AvgIpc) is 1.98. The lowest BCUT2D eigenvalue weighted by Gasteiger charge is -2.08. The van der Waals surface area contributed by atoms with Gasteiger partial charge in [0.05, 0.1) is 0 Å². The van der Waals surface area contributed by atoms with Crippen molar-refractivity contribution in [3.05, 3.63) is 0 Å². The van der Waals surface area contributed by atoms with E-state index in [1.807, 2.05) is 13.8 Å². The molecule has 0 aliphatic carbocycles. The molecule has 0 spiro atoms. The van der Waals surface area contributed by atoms with E-state index < -0.39 is 0 Å². The Balaban J connectivity index is 2.65. The lowest BCUT2D eigenvalue weighted by Crippen LogP contribution is -2.24. The number of carbonyl (C=O) groups is 1. The SMILES string of the molecule is CC1NC(=O)C(C)C1C. The molecule has 2 heteroatoms. The van der Waals surface area contributed by atoms with Crippen molar-refractivity contribution < 1.29 is 4.79 Å². The highest BCUT2D eigenvalue weighted by molar-refractivity contribution is 5.81. The third-order valence-electron chi connectivity index (χ3n) is 2.36. The van der Waals surface area contributed by atoms with Crippen LogP contribution >= 0.6 is 0 Å². The molecular weight excluding hydrogens is 114 g/mol. The first-order valence-electron chi connectivity index (χ1n) is 3.43. The Bertz CT molecular complexity index is 133. The highest BCUT2D eigenvalue weighted by atomic mass is 16.2. The third-order valence-corrected chi connectivity index (χ3v) is 2.36. The van der Waals surface area contributed by atoms with Gasteiger partial charge in [0.2, 0.25) is 5.91 Å². The van der Waals surface area contributed by atoms with Crippen LogP contribution in [0.3, 0.4) is 0 Å². The van der Waals surface area contributed by atoms with Crippen molar-refractivity contribution in [3.8, 4) is 0 Å². The second-order valence-electron chi connectivity index (χ2n) is 2.95.